The fraction of sp³-hybridized carbons (Fsp3) is 0.438. The van der Waals surface area contributed by atoms with Crippen molar-refractivity contribution >= 4 is 0 Å². The third-order valence-electron chi connectivity index (χ3n) is 3.73. The van der Waals surface area contributed by atoms with Gasteiger partial charge in [0.2, 0.25) is 0 Å². The Morgan fingerprint density at radius 1 is 1.35 bits per heavy atom. The Kier molecular flexibility index (Phi) is 3.74. The largest absolute Gasteiger partial charge is 0.493 e. The zero-order chi connectivity index (χ0) is 13.9. The summed E-state index contributed by atoms with van der Waals surface area (Å²) in [5, 5.41) is 7.56. The van der Waals surface area contributed by atoms with Crippen molar-refractivity contribution in [3.8, 4) is 5.75 Å². The number of benzene rings is 1. The van der Waals surface area contributed by atoms with Gasteiger partial charge in [0.1, 0.15) is 11.5 Å². The van der Waals surface area contributed by atoms with E-state index in [4.69, 9.17) is 9.26 Å². The first kappa shape index (κ1) is 13.2. The maximum Gasteiger partial charge on any atom is 0.133 e. The van der Waals surface area contributed by atoms with Crippen LogP contribution < -0.4 is 10.1 Å². The molecule has 1 N–H and O–H groups in total. The molecule has 0 saturated heterocycles. The zero-order valence-corrected chi connectivity index (χ0v) is 12.0. The lowest BCUT2D eigenvalue weighted by Gasteiger charge is -2.17. The van der Waals surface area contributed by atoms with E-state index in [1.54, 1.807) is 0 Å². The van der Waals surface area contributed by atoms with Crippen LogP contribution in [0.4, 0.5) is 0 Å². The minimum atomic E-state index is 0.331. The minimum absolute atomic E-state index is 0.331. The number of nitrogens with zero attached hydrogens (tertiary/aromatic N) is 1. The standard InChI is InChI=1S/C16H20N2O2/c1-3-15(17-10-14-8-11(2)20-18-14)12-4-5-16-13(9-12)6-7-19-16/h4-5,8-9,15,17H,3,6-7,10H2,1-2H3. The van der Waals surface area contributed by atoms with Crippen LogP contribution in [0.5, 0.6) is 5.75 Å². The third kappa shape index (κ3) is 2.70. The summed E-state index contributed by atoms with van der Waals surface area (Å²) in [4.78, 5) is 0. The van der Waals surface area contributed by atoms with Crippen molar-refractivity contribution in [3.05, 3.63) is 46.8 Å². The Bertz CT molecular complexity index is 592. The van der Waals surface area contributed by atoms with E-state index in [9.17, 15) is 0 Å². The number of hydrogen-bond donors (Lipinski definition) is 1. The molecule has 3 rings (SSSR count). The fourth-order valence-electron chi connectivity index (χ4n) is 2.65. The van der Waals surface area contributed by atoms with Gasteiger partial charge >= 0.3 is 0 Å². The van der Waals surface area contributed by atoms with E-state index in [0.29, 0.717) is 6.04 Å². The number of hydrogen-bond acceptors (Lipinski definition) is 4. The van der Waals surface area contributed by atoms with Crippen molar-refractivity contribution in [2.75, 3.05) is 6.61 Å². The molecule has 4 nitrogen and oxygen atoms in total. The van der Waals surface area contributed by atoms with Crippen LogP contribution in [0.25, 0.3) is 0 Å². The van der Waals surface area contributed by atoms with Crippen molar-refractivity contribution in [3.63, 3.8) is 0 Å². The van der Waals surface area contributed by atoms with Gasteiger partial charge in [0, 0.05) is 25.1 Å². The summed E-state index contributed by atoms with van der Waals surface area (Å²) in [5.41, 5.74) is 3.59. The van der Waals surface area contributed by atoms with Gasteiger partial charge in [-0.15, -0.1) is 0 Å². The van der Waals surface area contributed by atoms with Crippen LogP contribution in [0.3, 0.4) is 0 Å². The molecule has 1 aliphatic heterocycles. The molecule has 0 spiro atoms. The molecular formula is C16H20N2O2. The van der Waals surface area contributed by atoms with Gasteiger partial charge in [0.15, 0.2) is 0 Å². The first-order valence-corrected chi connectivity index (χ1v) is 7.17. The highest BCUT2D eigenvalue weighted by atomic mass is 16.5. The first-order chi connectivity index (χ1) is 9.76. The maximum absolute atomic E-state index is 5.56. The number of rotatable bonds is 5. The molecule has 106 valence electrons. The van der Waals surface area contributed by atoms with Crippen LogP contribution in [0.1, 0.15) is 42.0 Å². The van der Waals surface area contributed by atoms with E-state index in [1.807, 2.05) is 13.0 Å². The zero-order valence-electron chi connectivity index (χ0n) is 12.0. The van der Waals surface area contributed by atoms with Crippen LogP contribution in [0, 0.1) is 6.92 Å². The lowest BCUT2D eigenvalue weighted by Crippen LogP contribution is -2.20. The second-order valence-corrected chi connectivity index (χ2v) is 5.24. The highest BCUT2D eigenvalue weighted by Crippen LogP contribution is 2.29. The lowest BCUT2D eigenvalue weighted by molar-refractivity contribution is 0.356. The highest BCUT2D eigenvalue weighted by Gasteiger charge is 2.16. The average molecular weight is 272 g/mol. The fourth-order valence-corrected chi connectivity index (χ4v) is 2.65. The molecular weight excluding hydrogens is 252 g/mol. The molecule has 0 aliphatic carbocycles. The van der Waals surface area contributed by atoms with Gasteiger partial charge < -0.3 is 14.6 Å². The molecule has 1 atom stereocenters. The first-order valence-electron chi connectivity index (χ1n) is 7.17. The number of ether oxygens (including phenoxy) is 1. The monoisotopic (exact) mass is 272 g/mol. The second-order valence-electron chi connectivity index (χ2n) is 5.24. The summed E-state index contributed by atoms with van der Waals surface area (Å²) in [6.45, 7) is 5.63. The van der Waals surface area contributed by atoms with E-state index in [1.165, 1.54) is 11.1 Å². The Morgan fingerprint density at radius 3 is 3.00 bits per heavy atom. The Hall–Kier alpha value is -1.81. The average Bonchev–Trinajstić information content (AvgIpc) is 3.07. The van der Waals surface area contributed by atoms with Crippen LogP contribution in [-0.4, -0.2) is 11.8 Å². The highest BCUT2D eigenvalue weighted by molar-refractivity contribution is 5.40. The van der Waals surface area contributed by atoms with Gasteiger partial charge in [-0.05, 0) is 30.5 Å². The molecule has 4 heteroatoms. The van der Waals surface area contributed by atoms with Crippen molar-refractivity contribution in [1.29, 1.82) is 0 Å². The number of aryl methyl sites for hydroxylation is 1. The summed E-state index contributed by atoms with van der Waals surface area (Å²) < 4.78 is 10.6. The van der Waals surface area contributed by atoms with E-state index in [-0.39, 0.29) is 0 Å². The Balaban J connectivity index is 1.69. The van der Waals surface area contributed by atoms with Crippen LogP contribution in [0.15, 0.2) is 28.8 Å². The van der Waals surface area contributed by atoms with Gasteiger partial charge in [-0.2, -0.15) is 0 Å². The quantitative estimate of drug-likeness (QED) is 0.908. The van der Waals surface area contributed by atoms with Gasteiger partial charge in [0.25, 0.3) is 0 Å². The molecule has 0 amide bonds. The van der Waals surface area contributed by atoms with Crippen LogP contribution >= 0.6 is 0 Å². The molecule has 20 heavy (non-hydrogen) atoms. The topological polar surface area (TPSA) is 47.3 Å². The van der Waals surface area contributed by atoms with Crippen molar-refractivity contribution in [2.24, 2.45) is 0 Å². The molecule has 0 fully saturated rings. The number of aromatic nitrogens is 1. The van der Waals surface area contributed by atoms with Gasteiger partial charge in [-0.3, -0.25) is 0 Å². The summed E-state index contributed by atoms with van der Waals surface area (Å²) in [5.74, 6) is 1.89. The summed E-state index contributed by atoms with van der Waals surface area (Å²) in [7, 11) is 0. The van der Waals surface area contributed by atoms with Gasteiger partial charge in [0.05, 0.1) is 12.3 Å². The molecule has 0 saturated carbocycles. The summed E-state index contributed by atoms with van der Waals surface area (Å²) in [6, 6.07) is 8.80. The molecule has 1 unspecified atom stereocenters. The Morgan fingerprint density at radius 2 is 2.25 bits per heavy atom. The summed E-state index contributed by atoms with van der Waals surface area (Å²) in [6.07, 6.45) is 2.05. The smallest absolute Gasteiger partial charge is 0.133 e. The van der Waals surface area contributed by atoms with Gasteiger partial charge in [-0.1, -0.05) is 24.2 Å². The summed E-state index contributed by atoms with van der Waals surface area (Å²) >= 11 is 0. The molecule has 2 aromatic rings. The van der Waals surface area contributed by atoms with Gasteiger partial charge in [-0.25, -0.2) is 0 Å². The van der Waals surface area contributed by atoms with Crippen LogP contribution in [-0.2, 0) is 13.0 Å². The van der Waals surface area contributed by atoms with Crippen LogP contribution in [0.2, 0.25) is 0 Å². The predicted molar refractivity (Wildman–Crippen MR) is 76.8 cm³/mol. The van der Waals surface area contributed by atoms with Crippen molar-refractivity contribution in [1.82, 2.24) is 10.5 Å². The molecule has 0 bridgehead atoms. The second kappa shape index (κ2) is 5.67. The van der Waals surface area contributed by atoms with E-state index in [0.717, 1.165) is 43.2 Å². The number of fused-ring (bicyclic) bond motifs is 1. The van der Waals surface area contributed by atoms with Crippen molar-refractivity contribution < 1.29 is 9.26 Å². The van der Waals surface area contributed by atoms with Crippen molar-refractivity contribution in [2.45, 2.75) is 39.3 Å². The third-order valence-corrected chi connectivity index (χ3v) is 3.73. The SMILES string of the molecule is CCC(NCc1cc(C)on1)c1ccc2c(c1)CCO2. The molecule has 1 aromatic carbocycles. The molecule has 2 heterocycles. The molecule has 1 aromatic heterocycles. The molecule has 0 radical (unpaired) electrons. The van der Waals surface area contributed by atoms with E-state index >= 15 is 0 Å². The van der Waals surface area contributed by atoms with E-state index < -0.39 is 0 Å². The number of nitrogens with one attached hydrogen (secondary N) is 1. The lowest BCUT2D eigenvalue weighted by atomic mass is 10.0. The molecule has 1 aliphatic rings. The Labute approximate surface area is 119 Å². The maximum atomic E-state index is 5.56. The normalized spacial score (nSPS) is 14.9. The minimum Gasteiger partial charge on any atom is -0.493 e. The van der Waals surface area contributed by atoms with E-state index in [2.05, 4.69) is 35.6 Å². The predicted octanol–water partition coefficient (Wildman–Crippen LogP) is 3.16.